The summed E-state index contributed by atoms with van der Waals surface area (Å²) < 4.78 is 25.0. The Hall–Kier alpha value is -1.77. The van der Waals surface area contributed by atoms with Crippen LogP contribution in [0.2, 0.25) is 10.3 Å². The van der Waals surface area contributed by atoms with Crippen LogP contribution in [0.15, 0.2) is 40.6 Å². The monoisotopic (exact) mass is 374 g/mol. The minimum Gasteiger partial charge on any atom is -0.225 e. The zero-order valence-electron chi connectivity index (χ0n) is 12.1. The number of nitroso groups, excluding NO2 is 1. The fourth-order valence-corrected chi connectivity index (χ4v) is 3.33. The van der Waals surface area contributed by atoms with Gasteiger partial charge in [0.1, 0.15) is 5.02 Å². The van der Waals surface area contributed by atoms with Crippen LogP contribution in [0.5, 0.6) is 0 Å². The molecule has 0 aliphatic rings. The van der Waals surface area contributed by atoms with E-state index in [0.717, 1.165) is 5.01 Å². The van der Waals surface area contributed by atoms with E-state index < -0.39 is 15.1 Å². The second-order valence-electron chi connectivity index (χ2n) is 4.77. The molecule has 0 bridgehead atoms. The van der Waals surface area contributed by atoms with Crippen LogP contribution in [0.25, 0.3) is 0 Å². The highest BCUT2D eigenvalue weighted by atomic mass is 35.5. The lowest BCUT2D eigenvalue weighted by Gasteiger charge is -2.19. The van der Waals surface area contributed by atoms with Crippen LogP contribution in [-0.2, 0) is 9.84 Å². The lowest BCUT2D eigenvalue weighted by atomic mass is 10.3. The van der Waals surface area contributed by atoms with Crippen LogP contribution in [0.1, 0.15) is 13.8 Å². The molecule has 0 aliphatic carbocycles. The van der Waals surface area contributed by atoms with Crippen molar-refractivity contribution in [3.05, 3.63) is 45.7 Å². The molecular weight excluding hydrogens is 363 g/mol. The van der Waals surface area contributed by atoms with Crippen molar-refractivity contribution >= 4 is 44.5 Å². The summed E-state index contributed by atoms with van der Waals surface area (Å²) in [5.74, 6) is -0.104. The van der Waals surface area contributed by atoms with Crippen LogP contribution < -0.4 is 5.01 Å². The highest BCUT2D eigenvalue weighted by molar-refractivity contribution is 7.92. The van der Waals surface area contributed by atoms with Crippen LogP contribution in [-0.4, -0.2) is 23.6 Å². The van der Waals surface area contributed by atoms with Crippen molar-refractivity contribution in [2.24, 2.45) is 5.29 Å². The van der Waals surface area contributed by atoms with Crippen molar-refractivity contribution in [2.45, 2.75) is 24.0 Å². The van der Waals surface area contributed by atoms with Gasteiger partial charge in [0.15, 0.2) is 15.7 Å². The van der Waals surface area contributed by atoms with Gasteiger partial charge in [-0.25, -0.2) is 13.4 Å². The normalized spacial score (nSPS) is 11.5. The van der Waals surface area contributed by atoms with E-state index in [4.69, 9.17) is 23.2 Å². The van der Waals surface area contributed by atoms with E-state index in [1.54, 1.807) is 26.0 Å². The van der Waals surface area contributed by atoms with E-state index in [1.807, 2.05) is 0 Å². The number of para-hydroxylation sites is 1. The van der Waals surface area contributed by atoms with Gasteiger partial charge in [0.25, 0.3) is 0 Å². The summed E-state index contributed by atoms with van der Waals surface area (Å²) in [6, 6.07) is 5.95. The summed E-state index contributed by atoms with van der Waals surface area (Å²) in [4.78, 5) is 18.8. The van der Waals surface area contributed by atoms with Gasteiger partial charge in [0.2, 0.25) is 5.28 Å². The fourth-order valence-electron chi connectivity index (χ4n) is 1.81. The lowest BCUT2D eigenvalue weighted by Crippen LogP contribution is -2.19. The SMILES string of the molecule is CC(C)S(=O)(=O)c1ccccc1N(N=O)c1nc(Cl)ncc1Cl. The summed E-state index contributed by atoms with van der Waals surface area (Å²) in [6.45, 7) is 3.08. The van der Waals surface area contributed by atoms with Gasteiger partial charge in [0, 0.05) is 0 Å². The van der Waals surface area contributed by atoms with Gasteiger partial charge in [-0.05, 0) is 37.6 Å². The number of hydrogen-bond acceptors (Lipinski definition) is 6. The molecule has 23 heavy (non-hydrogen) atoms. The van der Waals surface area contributed by atoms with Crippen molar-refractivity contribution in [3.8, 4) is 0 Å². The Kier molecular flexibility index (Phi) is 5.18. The van der Waals surface area contributed by atoms with Crippen molar-refractivity contribution < 1.29 is 8.42 Å². The summed E-state index contributed by atoms with van der Waals surface area (Å²) >= 11 is 11.7. The maximum absolute atomic E-state index is 12.5. The first kappa shape index (κ1) is 17.6. The van der Waals surface area contributed by atoms with Crippen LogP contribution in [0, 0.1) is 4.91 Å². The minimum atomic E-state index is -3.65. The maximum Gasteiger partial charge on any atom is 0.224 e. The second-order valence-corrected chi connectivity index (χ2v) is 7.98. The Labute approximate surface area is 143 Å². The average molecular weight is 375 g/mol. The highest BCUT2D eigenvalue weighted by Crippen LogP contribution is 2.35. The third kappa shape index (κ3) is 3.44. The zero-order valence-corrected chi connectivity index (χ0v) is 14.5. The number of aromatic nitrogens is 2. The van der Waals surface area contributed by atoms with Crippen LogP contribution in [0.3, 0.4) is 0 Å². The Morgan fingerprint density at radius 2 is 1.87 bits per heavy atom. The zero-order chi connectivity index (χ0) is 17.2. The average Bonchev–Trinajstić information content (AvgIpc) is 2.51. The van der Waals surface area contributed by atoms with E-state index >= 15 is 0 Å². The molecule has 0 radical (unpaired) electrons. The van der Waals surface area contributed by atoms with E-state index in [0.29, 0.717) is 0 Å². The lowest BCUT2D eigenvalue weighted by molar-refractivity contribution is 0.587. The molecule has 0 saturated carbocycles. The number of halogens is 2. The third-order valence-electron chi connectivity index (χ3n) is 3.00. The van der Waals surface area contributed by atoms with Gasteiger partial charge < -0.3 is 0 Å². The van der Waals surface area contributed by atoms with E-state index in [2.05, 4.69) is 15.3 Å². The summed E-state index contributed by atoms with van der Waals surface area (Å²) in [6.07, 6.45) is 1.20. The second kappa shape index (κ2) is 6.77. The molecule has 0 unspecified atom stereocenters. The molecule has 0 amide bonds. The van der Waals surface area contributed by atoms with Gasteiger partial charge in [-0.15, -0.1) is 4.91 Å². The Bertz CT molecular complexity index is 843. The van der Waals surface area contributed by atoms with E-state index in [9.17, 15) is 13.3 Å². The Balaban J connectivity index is 2.69. The number of nitrogens with zero attached hydrogens (tertiary/aromatic N) is 4. The first-order chi connectivity index (χ1) is 10.8. The largest absolute Gasteiger partial charge is 0.225 e. The fraction of sp³-hybridized carbons (Fsp3) is 0.231. The molecule has 0 fully saturated rings. The van der Waals surface area contributed by atoms with Crippen molar-refractivity contribution in [3.63, 3.8) is 0 Å². The number of benzene rings is 1. The first-order valence-electron chi connectivity index (χ1n) is 6.43. The molecule has 122 valence electrons. The predicted octanol–water partition coefficient (Wildman–Crippen LogP) is 3.79. The number of rotatable bonds is 5. The van der Waals surface area contributed by atoms with Gasteiger partial charge in [-0.3, -0.25) is 0 Å². The van der Waals surface area contributed by atoms with E-state index in [-0.39, 0.29) is 26.7 Å². The van der Waals surface area contributed by atoms with Crippen molar-refractivity contribution in [2.75, 3.05) is 5.01 Å². The quantitative estimate of drug-likeness (QED) is 0.449. The smallest absolute Gasteiger partial charge is 0.224 e. The van der Waals surface area contributed by atoms with Gasteiger partial charge in [-0.1, -0.05) is 23.7 Å². The molecule has 0 atom stereocenters. The molecule has 0 N–H and O–H groups in total. The highest BCUT2D eigenvalue weighted by Gasteiger charge is 2.27. The summed E-state index contributed by atoms with van der Waals surface area (Å²) in [5.41, 5.74) is 0.0351. The predicted molar refractivity (Wildman–Crippen MR) is 88.7 cm³/mol. The minimum absolute atomic E-state index is 0.00532. The Morgan fingerprint density at radius 3 is 2.48 bits per heavy atom. The van der Waals surface area contributed by atoms with Gasteiger partial charge >= 0.3 is 0 Å². The van der Waals surface area contributed by atoms with Gasteiger partial charge in [0.05, 0.1) is 27.3 Å². The third-order valence-corrected chi connectivity index (χ3v) is 5.65. The first-order valence-corrected chi connectivity index (χ1v) is 8.73. The van der Waals surface area contributed by atoms with Crippen molar-refractivity contribution in [1.82, 2.24) is 9.97 Å². The van der Waals surface area contributed by atoms with Crippen LogP contribution >= 0.6 is 23.2 Å². The topological polar surface area (TPSA) is 92.6 Å². The molecule has 0 saturated heterocycles. The molecule has 0 spiro atoms. The molecule has 1 aromatic heterocycles. The molecule has 1 heterocycles. The standard InChI is InChI=1S/C13H12Cl2N4O3S/c1-8(2)23(21,22)11-6-4-3-5-10(11)19(18-20)12-9(14)7-16-13(15)17-12/h3-8H,1-2H3. The molecule has 2 aromatic rings. The number of hydrogen-bond donors (Lipinski definition) is 0. The van der Waals surface area contributed by atoms with Gasteiger partial charge in [-0.2, -0.15) is 9.99 Å². The molecule has 2 rings (SSSR count). The number of sulfone groups is 1. The van der Waals surface area contributed by atoms with Crippen LogP contribution in [0.4, 0.5) is 11.5 Å². The molecule has 7 nitrogen and oxygen atoms in total. The van der Waals surface area contributed by atoms with E-state index in [1.165, 1.54) is 18.3 Å². The molecule has 10 heteroatoms. The number of anilines is 2. The maximum atomic E-state index is 12.5. The Morgan fingerprint density at radius 1 is 1.22 bits per heavy atom. The summed E-state index contributed by atoms with van der Waals surface area (Å²) in [7, 11) is -3.65. The van der Waals surface area contributed by atoms with Crippen molar-refractivity contribution in [1.29, 1.82) is 0 Å². The molecular formula is C13H12Cl2N4O3S. The summed E-state index contributed by atoms with van der Waals surface area (Å²) in [5, 5.41) is 2.81. The molecule has 0 aliphatic heterocycles. The molecule has 1 aromatic carbocycles.